The summed E-state index contributed by atoms with van der Waals surface area (Å²) >= 11 is 0. The monoisotopic (exact) mass is 357 g/mol. The van der Waals surface area contributed by atoms with Gasteiger partial charge in [0, 0.05) is 56.3 Å². The molecule has 26 heavy (non-hydrogen) atoms. The van der Waals surface area contributed by atoms with Crippen molar-refractivity contribution in [1.29, 1.82) is 0 Å². The van der Waals surface area contributed by atoms with Crippen LogP contribution in [0.25, 0.3) is 10.9 Å². The van der Waals surface area contributed by atoms with Crippen LogP contribution in [0.3, 0.4) is 0 Å². The summed E-state index contributed by atoms with van der Waals surface area (Å²) in [5, 5.41) is 16.9. The number of piperazine rings is 1. The SMILES string of the molecule is O=C(O)N1CCN(C2CCN(C(=O)c3ccc4[nH]ncc4c3)CC2)CC1. The molecule has 2 aliphatic heterocycles. The van der Waals surface area contributed by atoms with Crippen LogP contribution >= 0.6 is 0 Å². The molecule has 138 valence electrons. The molecule has 3 heterocycles. The van der Waals surface area contributed by atoms with Crippen molar-refractivity contribution >= 4 is 22.9 Å². The second-order valence-corrected chi connectivity index (χ2v) is 7.00. The van der Waals surface area contributed by atoms with E-state index in [0.29, 0.717) is 24.7 Å². The van der Waals surface area contributed by atoms with Gasteiger partial charge in [-0.15, -0.1) is 0 Å². The summed E-state index contributed by atoms with van der Waals surface area (Å²) in [6.07, 6.45) is 2.77. The van der Waals surface area contributed by atoms with Gasteiger partial charge in [-0.2, -0.15) is 5.10 Å². The molecule has 2 aromatic rings. The maximum atomic E-state index is 12.8. The third-order valence-electron chi connectivity index (χ3n) is 5.54. The summed E-state index contributed by atoms with van der Waals surface area (Å²) in [6, 6.07) is 6.06. The van der Waals surface area contributed by atoms with Crippen molar-refractivity contribution in [3.05, 3.63) is 30.0 Å². The molecule has 0 saturated carbocycles. The number of H-pyrrole nitrogens is 1. The average molecular weight is 357 g/mol. The smallest absolute Gasteiger partial charge is 0.407 e. The van der Waals surface area contributed by atoms with E-state index in [4.69, 9.17) is 5.11 Å². The van der Waals surface area contributed by atoms with E-state index < -0.39 is 6.09 Å². The number of benzene rings is 1. The van der Waals surface area contributed by atoms with Crippen molar-refractivity contribution in [1.82, 2.24) is 24.9 Å². The number of amides is 2. The topological polar surface area (TPSA) is 92.8 Å². The zero-order chi connectivity index (χ0) is 18.1. The predicted octanol–water partition coefficient (Wildman–Crippen LogP) is 1.46. The van der Waals surface area contributed by atoms with Gasteiger partial charge in [0.1, 0.15) is 0 Å². The number of likely N-dealkylation sites (tertiary alicyclic amines) is 1. The first-order valence-corrected chi connectivity index (χ1v) is 9.06. The Kier molecular flexibility index (Phi) is 4.50. The first-order chi connectivity index (χ1) is 12.6. The normalized spacial score (nSPS) is 19.8. The summed E-state index contributed by atoms with van der Waals surface area (Å²) in [4.78, 5) is 29.6. The van der Waals surface area contributed by atoms with E-state index in [2.05, 4.69) is 15.1 Å². The number of aromatic nitrogens is 2. The van der Waals surface area contributed by atoms with Gasteiger partial charge >= 0.3 is 6.09 Å². The number of hydrogen-bond acceptors (Lipinski definition) is 4. The van der Waals surface area contributed by atoms with Gasteiger partial charge in [-0.3, -0.25) is 14.8 Å². The minimum Gasteiger partial charge on any atom is -0.465 e. The fraction of sp³-hybridized carbons (Fsp3) is 0.500. The number of nitrogens with zero attached hydrogens (tertiary/aromatic N) is 4. The Labute approximate surface area is 151 Å². The van der Waals surface area contributed by atoms with Gasteiger partial charge in [0.25, 0.3) is 5.91 Å². The Bertz CT molecular complexity index is 804. The van der Waals surface area contributed by atoms with Crippen LogP contribution in [-0.4, -0.2) is 87.3 Å². The maximum absolute atomic E-state index is 12.8. The number of aromatic amines is 1. The molecular formula is C18H23N5O3. The van der Waals surface area contributed by atoms with Crippen molar-refractivity contribution in [2.45, 2.75) is 18.9 Å². The number of fused-ring (bicyclic) bond motifs is 1. The minimum atomic E-state index is -0.834. The van der Waals surface area contributed by atoms with Crippen molar-refractivity contribution in [2.75, 3.05) is 39.3 Å². The van der Waals surface area contributed by atoms with Crippen molar-refractivity contribution < 1.29 is 14.7 Å². The molecule has 0 bridgehead atoms. The highest BCUT2D eigenvalue weighted by Gasteiger charge is 2.30. The molecule has 2 aliphatic rings. The lowest BCUT2D eigenvalue weighted by Crippen LogP contribution is -2.54. The third kappa shape index (κ3) is 3.24. The molecule has 4 rings (SSSR count). The molecule has 8 nitrogen and oxygen atoms in total. The zero-order valence-corrected chi connectivity index (χ0v) is 14.6. The molecule has 8 heteroatoms. The lowest BCUT2D eigenvalue weighted by molar-refractivity contribution is 0.0477. The first-order valence-electron chi connectivity index (χ1n) is 9.06. The number of carboxylic acid groups (broad SMARTS) is 1. The van der Waals surface area contributed by atoms with Crippen LogP contribution in [0.2, 0.25) is 0 Å². The van der Waals surface area contributed by atoms with Crippen LogP contribution in [0.5, 0.6) is 0 Å². The average Bonchev–Trinajstić information content (AvgIpc) is 3.15. The molecule has 0 aliphatic carbocycles. The molecule has 2 saturated heterocycles. The van der Waals surface area contributed by atoms with Gasteiger partial charge in [-0.1, -0.05) is 0 Å². The highest BCUT2D eigenvalue weighted by atomic mass is 16.4. The van der Waals surface area contributed by atoms with Gasteiger partial charge < -0.3 is 14.9 Å². The molecule has 1 aromatic heterocycles. The van der Waals surface area contributed by atoms with Crippen molar-refractivity contribution in [3.63, 3.8) is 0 Å². The number of carbonyl (C=O) groups excluding carboxylic acids is 1. The third-order valence-corrected chi connectivity index (χ3v) is 5.54. The number of carbonyl (C=O) groups is 2. The Hall–Kier alpha value is -2.61. The van der Waals surface area contributed by atoms with Crippen molar-refractivity contribution in [3.8, 4) is 0 Å². The van der Waals surface area contributed by atoms with Crippen LogP contribution in [0.4, 0.5) is 4.79 Å². The predicted molar refractivity (Wildman–Crippen MR) is 96.2 cm³/mol. The second kappa shape index (κ2) is 6.95. The Morgan fingerprint density at radius 2 is 1.77 bits per heavy atom. The van der Waals surface area contributed by atoms with Crippen LogP contribution in [0, 0.1) is 0 Å². The first kappa shape index (κ1) is 16.8. The second-order valence-electron chi connectivity index (χ2n) is 7.00. The molecule has 2 N–H and O–H groups in total. The summed E-state index contributed by atoms with van der Waals surface area (Å²) in [5.74, 6) is 0.0715. The van der Waals surface area contributed by atoms with E-state index in [0.717, 1.165) is 49.9 Å². The molecule has 2 fully saturated rings. The molecule has 0 atom stereocenters. The Morgan fingerprint density at radius 1 is 1.04 bits per heavy atom. The van der Waals surface area contributed by atoms with Crippen LogP contribution in [-0.2, 0) is 0 Å². The zero-order valence-electron chi connectivity index (χ0n) is 14.6. The van der Waals surface area contributed by atoms with E-state index in [1.807, 2.05) is 23.1 Å². The van der Waals surface area contributed by atoms with Crippen LogP contribution in [0.1, 0.15) is 23.2 Å². The lowest BCUT2D eigenvalue weighted by Gasteiger charge is -2.42. The summed E-state index contributed by atoms with van der Waals surface area (Å²) in [7, 11) is 0. The van der Waals surface area contributed by atoms with Gasteiger partial charge in [0.2, 0.25) is 0 Å². The molecular weight excluding hydrogens is 334 g/mol. The van der Waals surface area contributed by atoms with E-state index in [1.54, 1.807) is 6.20 Å². The Balaban J connectivity index is 1.33. The molecule has 2 amide bonds. The number of hydrogen-bond donors (Lipinski definition) is 2. The molecule has 0 unspecified atom stereocenters. The van der Waals surface area contributed by atoms with Gasteiger partial charge in [-0.05, 0) is 31.0 Å². The molecule has 0 radical (unpaired) electrons. The van der Waals surface area contributed by atoms with Gasteiger partial charge in [0.15, 0.2) is 0 Å². The fourth-order valence-electron chi connectivity index (χ4n) is 3.97. The van der Waals surface area contributed by atoms with E-state index in [-0.39, 0.29) is 5.91 Å². The van der Waals surface area contributed by atoms with E-state index >= 15 is 0 Å². The standard InChI is InChI=1S/C18H23N5O3/c24-17(13-1-2-16-14(11-13)12-19-20-16)22-5-3-15(4-6-22)21-7-9-23(10-8-21)18(25)26/h1-2,11-12,15H,3-10H2,(H,19,20)(H,25,26). The van der Waals surface area contributed by atoms with E-state index in [1.165, 1.54) is 4.90 Å². The summed E-state index contributed by atoms with van der Waals surface area (Å²) in [6.45, 7) is 4.18. The number of nitrogens with one attached hydrogen (secondary N) is 1. The highest BCUT2D eigenvalue weighted by Crippen LogP contribution is 2.21. The van der Waals surface area contributed by atoms with Crippen molar-refractivity contribution in [2.24, 2.45) is 0 Å². The van der Waals surface area contributed by atoms with Gasteiger partial charge in [-0.25, -0.2) is 4.79 Å². The number of piperidine rings is 1. The highest BCUT2D eigenvalue weighted by molar-refractivity contribution is 5.97. The largest absolute Gasteiger partial charge is 0.465 e. The Morgan fingerprint density at radius 3 is 2.46 bits per heavy atom. The summed E-state index contributed by atoms with van der Waals surface area (Å²) in [5.41, 5.74) is 1.63. The fourth-order valence-corrected chi connectivity index (χ4v) is 3.97. The quantitative estimate of drug-likeness (QED) is 0.849. The minimum absolute atomic E-state index is 0.0715. The van der Waals surface area contributed by atoms with Crippen LogP contribution < -0.4 is 0 Å². The lowest BCUT2D eigenvalue weighted by atomic mass is 10.0. The van der Waals surface area contributed by atoms with Gasteiger partial charge in [0.05, 0.1) is 11.7 Å². The molecule has 0 spiro atoms. The molecule has 1 aromatic carbocycles. The number of rotatable bonds is 2. The van der Waals surface area contributed by atoms with Crippen LogP contribution in [0.15, 0.2) is 24.4 Å². The summed E-state index contributed by atoms with van der Waals surface area (Å²) < 4.78 is 0. The van der Waals surface area contributed by atoms with E-state index in [9.17, 15) is 9.59 Å². The maximum Gasteiger partial charge on any atom is 0.407 e.